The van der Waals surface area contributed by atoms with Gasteiger partial charge in [0.2, 0.25) is 0 Å². The predicted octanol–water partition coefficient (Wildman–Crippen LogP) is 2.39. The highest BCUT2D eigenvalue weighted by atomic mass is 16.5. The summed E-state index contributed by atoms with van der Waals surface area (Å²) in [4.78, 5) is 16.0. The molecule has 1 N–H and O–H groups in total. The van der Waals surface area contributed by atoms with Crippen LogP contribution in [0, 0.1) is 5.92 Å². The Bertz CT molecular complexity index is 669. The molecule has 4 heteroatoms. The van der Waals surface area contributed by atoms with E-state index in [9.17, 15) is 9.90 Å². The van der Waals surface area contributed by atoms with E-state index in [0.717, 1.165) is 11.3 Å². The molecular formula is C18H19NO3. The molecule has 0 bridgehead atoms. The van der Waals surface area contributed by atoms with Crippen LogP contribution in [0.15, 0.2) is 42.6 Å². The second kappa shape index (κ2) is 6.28. The van der Waals surface area contributed by atoms with Gasteiger partial charge in [0.05, 0.1) is 12.3 Å². The highest BCUT2D eigenvalue weighted by Crippen LogP contribution is 2.32. The molecule has 2 aromatic rings. The van der Waals surface area contributed by atoms with E-state index < -0.39 is 12.1 Å². The zero-order chi connectivity index (χ0) is 15.5. The van der Waals surface area contributed by atoms with Gasteiger partial charge in [0, 0.05) is 17.7 Å². The van der Waals surface area contributed by atoms with Crippen LogP contribution in [0.2, 0.25) is 0 Å². The van der Waals surface area contributed by atoms with Crippen molar-refractivity contribution >= 4 is 5.97 Å². The number of aliphatic hydroxyl groups is 1. The third-order valence-corrected chi connectivity index (χ3v) is 4.11. The molecule has 1 aromatic carbocycles. The molecule has 22 heavy (non-hydrogen) atoms. The fraction of sp³-hybridized carbons (Fsp3) is 0.333. The van der Waals surface area contributed by atoms with E-state index in [2.05, 4.69) is 17.1 Å². The third kappa shape index (κ3) is 2.88. The Morgan fingerprint density at radius 2 is 2.14 bits per heavy atom. The summed E-state index contributed by atoms with van der Waals surface area (Å²) in [5.74, 6) is -0.627. The third-order valence-electron chi connectivity index (χ3n) is 4.11. The lowest BCUT2D eigenvalue weighted by Gasteiger charge is -2.15. The van der Waals surface area contributed by atoms with E-state index in [4.69, 9.17) is 4.74 Å². The molecule has 0 amide bonds. The monoisotopic (exact) mass is 297 g/mol. The van der Waals surface area contributed by atoms with Crippen LogP contribution in [-0.2, 0) is 22.4 Å². The molecule has 3 rings (SSSR count). The van der Waals surface area contributed by atoms with Crippen molar-refractivity contribution in [3.8, 4) is 11.3 Å². The number of rotatable bonds is 4. The van der Waals surface area contributed by atoms with E-state index in [1.165, 1.54) is 11.1 Å². The van der Waals surface area contributed by atoms with E-state index in [1.54, 1.807) is 13.1 Å². The van der Waals surface area contributed by atoms with Gasteiger partial charge in [-0.2, -0.15) is 0 Å². The number of hydrogen-bond donors (Lipinski definition) is 1. The van der Waals surface area contributed by atoms with Gasteiger partial charge in [-0.3, -0.25) is 4.98 Å². The van der Waals surface area contributed by atoms with Crippen LogP contribution < -0.4 is 0 Å². The van der Waals surface area contributed by atoms with Gasteiger partial charge in [0.25, 0.3) is 0 Å². The lowest BCUT2D eigenvalue weighted by atomic mass is 9.99. The minimum Gasteiger partial charge on any atom is -0.464 e. The molecule has 1 heterocycles. The number of benzene rings is 1. The number of nitrogens with zero attached hydrogens (tertiary/aromatic N) is 1. The number of carbonyl (C=O) groups is 1. The maximum Gasteiger partial charge on any atom is 0.335 e. The van der Waals surface area contributed by atoms with Crippen molar-refractivity contribution in [1.29, 1.82) is 0 Å². The molecule has 4 nitrogen and oxygen atoms in total. The quantitative estimate of drug-likeness (QED) is 0.880. The standard InChI is InChI=1S/C18H19NO3/c1-2-22-18(21)17(20)15-9-12-6-7-13(10-14(12)11-15)16-5-3-4-8-19-16/h3-8,10,15,17,20H,2,9,11H2,1H3. The van der Waals surface area contributed by atoms with Gasteiger partial charge in [-0.25, -0.2) is 4.79 Å². The van der Waals surface area contributed by atoms with Gasteiger partial charge in [0.1, 0.15) is 0 Å². The zero-order valence-corrected chi connectivity index (χ0v) is 12.5. The molecule has 0 saturated carbocycles. The largest absolute Gasteiger partial charge is 0.464 e. The summed E-state index contributed by atoms with van der Waals surface area (Å²) in [5, 5.41) is 10.1. The van der Waals surface area contributed by atoms with Crippen molar-refractivity contribution < 1.29 is 14.6 Å². The molecule has 0 fully saturated rings. The second-order valence-electron chi connectivity index (χ2n) is 5.56. The highest BCUT2D eigenvalue weighted by molar-refractivity contribution is 5.75. The first kappa shape index (κ1) is 14.7. The van der Waals surface area contributed by atoms with Gasteiger partial charge in [0.15, 0.2) is 6.10 Å². The maximum atomic E-state index is 11.7. The summed E-state index contributed by atoms with van der Waals surface area (Å²) in [6.07, 6.45) is 2.12. The van der Waals surface area contributed by atoms with Gasteiger partial charge < -0.3 is 9.84 Å². The van der Waals surface area contributed by atoms with Crippen molar-refractivity contribution in [2.45, 2.75) is 25.9 Å². The van der Waals surface area contributed by atoms with Crippen LogP contribution in [0.3, 0.4) is 0 Å². The van der Waals surface area contributed by atoms with E-state index in [-0.39, 0.29) is 5.92 Å². The van der Waals surface area contributed by atoms with Gasteiger partial charge in [-0.05, 0) is 49.1 Å². The van der Waals surface area contributed by atoms with Gasteiger partial charge in [-0.1, -0.05) is 18.2 Å². The number of pyridine rings is 1. The molecule has 0 aliphatic heterocycles. The lowest BCUT2D eigenvalue weighted by Crippen LogP contribution is -2.31. The van der Waals surface area contributed by atoms with Crippen molar-refractivity contribution in [1.82, 2.24) is 4.98 Å². The highest BCUT2D eigenvalue weighted by Gasteiger charge is 2.32. The minimum atomic E-state index is -1.05. The summed E-state index contributed by atoms with van der Waals surface area (Å²) < 4.78 is 4.91. The summed E-state index contributed by atoms with van der Waals surface area (Å²) in [5.41, 5.74) is 4.36. The van der Waals surface area contributed by atoms with Gasteiger partial charge in [-0.15, -0.1) is 0 Å². The summed E-state index contributed by atoms with van der Waals surface area (Å²) in [7, 11) is 0. The number of ether oxygens (including phenoxy) is 1. The van der Waals surface area contributed by atoms with Crippen LogP contribution in [0.25, 0.3) is 11.3 Å². The topological polar surface area (TPSA) is 59.4 Å². The Morgan fingerprint density at radius 3 is 2.86 bits per heavy atom. The first-order valence-corrected chi connectivity index (χ1v) is 7.57. The summed E-state index contributed by atoms with van der Waals surface area (Å²) >= 11 is 0. The minimum absolute atomic E-state index is 0.104. The first-order chi connectivity index (χ1) is 10.7. The predicted molar refractivity (Wildman–Crippen MR) is 83.2 cm³/mol. The van der Waals surface area contributed by atoms with Crippen LogP contribution in [0.5, 0.6) is 0 Å². The number of fused-ring (bicyclic) bond motifs is 1. The Balaban J connectivity index is 1.78. The van der Waals surface area contributed by atoms with Crippen LogP contribution in [0.4, 0.5) is 0 Å². The second-order valence-corrected chi connectivity index (χ2v) is 5.56. The Hall–Kier alpha value is -2.20. The normalized spacial score (nSPS) is 17.8. The average Bonchev–Trinajstić information content (AvgIpc) is 2.98. The first-order valence-electron chi connectivity index (χ1n) is 7.57. The molecular weight excluding hydrogens is 278 g/mol. The van der Waals surface area contributed by atoms with Crippen molar-refractivity contribution in [3.05, 3.63) is 53.7 Å². The molecule has 2 atom stereocenters. The smallest absolute Gasteiger partial charge is 0.335 e. The molecule has 0 saturated heterocycles. The number of carbonyl (C=O) groups excluding carboxylic acids is 1. The number of aliphatic hydroxyl groups excluding tert-OH is 1. The van der Waals surface area contributed by atoms with Crippen molar-refractivity contribution in [3.63, 3.8) is 0 Å². The SMILES string of the molecule is CCOC(=O)C(O)C1Cc2ccc(-c3ccccn3)cc2C1. The van der Waals surface area contributed by atoms with Crippen molar-refractivity contribution in [2.24, 2.45) is 5.92 Å². The fourth-order valence-corrected chi connectivity index (χ4v) is 2.99. The van der Waals surface area contributed by atoms with Crippen LogP contribution in [-0.4, -0.2) is 28.8 Å². The lowest BCUT2D eigenvalue weighted by molar-refractivity contribution is -0.155. The Morgan fingerprint density at radius 1 is 1.32 bits per heavy atom. The molecule has 114 valence electrons. The average molecular weight is 297 g/mol. The molecule has 1 aliphatic carbocycles. The molecule has 0 spiro atoms. The summed E-state index contributed by atoms with van der Waals surface area (Å²) in [6.45, 7) is 2.03. The van der Waals surface area contributed by atoms with E-state index in [1.807, 2.05) is 24.3 Å². The molecule has 2 unspecified atom stereocenters. The number of esters is 1. The fourth-order valence-electron chi connectivity index (χ4n) is 2.99. The van der Waals surface area contributed by atoms with E-state index >= 15 is 0 Å². The van der Waals surface area contributed by atoms with Crippen molar-refractivity contribution in [2.75, 3.05) is 6.61 Å². The Labute approximate surface area is 129 Å². The van der Waals surface area contributed by atoms with Crippen LogP contribution in [0.1, 0.15) is 18.1 Å². The van der Waals surface area contributed by atoms with E-state index in [0.29, 0.717) is 19.4 Å². The van der Waals surface area contributed by atoms with Gasteiger partial charge >= 0.3 is 5.97 Å². The number of hydrogen-bond acceptors (Lipinski definition) is 4. The Kier molecular flexibility index (Phi) is 4.20. The molecule has 1 aromatic heterocycles. The van der Waals surface area contributed by atoms with Crippen LogP contribution >= 0.6 is 0 Å². The molecule has 1 aliphatic rings. The summed E-state index contributed by atoms with van der Waals surface area (Å²) in [6, 6.07) is 12.0. The zero-order valence-electron chi connectivity index (χ0n) is 12.5. The number of aromatic nitrogens is 1. The maximum absolute atomic E-state index is 11.7. The molecule has 0 radical (unpaired) electrons.